The monoisotopic (exact) mass is 295 g/mol. The molecule has 1 atom stereocenters. The molecule has 0 fully saturated rings. The normalized spacial score (nSPS) is 11.5. The number of hydrogen-bond donors (Lipinski definition) is 1. The summed E-state index contributed by atoms with van der Waals surface area (Å²) >= 11 is 3.45. The van der Waals surface area contributed by atoms with Gasteiger partial charge >= 0.3 is 0 Å². The fourth-order valence-electron chi connectivity index (χ4n) is 1.77. The standard InChI is InChI=1S/C14H18BrNO/c1-4-5-6-7-13(16-2)12-9-8-11(15)10-14(12)17-3/h8-10,13,16H,6-7H2,1-3H3. The number of benzene rings is 1. The zero-order chi connectivity index (χ0) is 12.7. The molecule has 0 spiro atoms. The van der Waals surface area contributed by atoms with E-state index < -0.39 is 0 Å². The van der Waals surface area contributed by atoms with E-state index in [0.29, 0.717) is 0 Å². The summed E-state index contributed by atoms with van der Waals surface area (Å²) in [7, 11) is 3.66. The van der Waals surface area contributed by atoms with Gasteiger partial charge in [-0.05, 0) is 32.5 Å². The Hall–Kier alpha value is -0.980. The Kier molecular flexibility index (Phi) is 6.10. The maximum atomic E-state index is 5.41. The lowest BCUT2D eigenvalue weighted by atomic mass is 10.0. The van der Waals surface area contributed by atoms with Gasteiger partial charge in [-0.1, -0.05) is 22.0 Å². The number of rotatable bonds is 5. The van der Waals surface area contributed by atoms with Crippen molar-refractivity contribution in [2.75, 3.05) is 14.2 Å². The molecule has 1 aromatic carbocycles. The van der Waals surface area contributed by atoms with Crippen LogP contribution < -0.4 is 10.1 Å². The molecule has 2 nitrogen and oxygen atoms in total. The molecule has 1 unspecified atom stereocenters. The lowest BCUT2D eigenvalue weighted by Crippen LogP contribution is -2.17. The summed E-state index contributed by atoms with van der Waals surface area (Å²) in [5.41, 5.74) is 1.18. The van der Waals surface area contributed by atoms with Crippen LogP contribution in [-0.2, 0) is 0 Å². The van der Waals surface area contributed by atoms with E-state index in [1.807, 2.05) is 26.1 Å². The summed E-state index contributed by atoms with van der Waals surface area (Å²) in [5.74, 6) is 6.92. The minimum atomic E-state index is 0.277. The molecule has 1 rings (SSSR count). The van der Waals surface area contributed by atoms with Gasteiger partial charge in [-0.25, -0.2) is 0 Å². The molecule has 3 heteroatoms. The molecule has 0 aliphatic carbocycles. The predicted octanol–water partition coefficient (Wildman–Crippen LogP) is 3.52. The van der Waals surface area contributed by atoms with E-state index in [1.54, 1.807) is 7.11 Å². The fourth-order valence-corrected chi connectivity index (χ4v) is 2.11. The Morgan fingerprint density at radius 2 is 2.24 bits per heavy atom. The highest BCUT2D eigenvalue weighted by atomic mass is 79.9. The smallest absolute Gasteiger partial charge is 0.124 e. The molecule has 0 radical (unpaired) electrons. The molecule has 0 heterocycles. The van der Waals surface area contributed by atoms with Crippen LogP contribution in [0.25, 0.3) is 0 Å². The maximum absolute atomic E-state index is 5.41. The molecular weight excluding hydrogens is 278 g/mol. The second-order valence-electron chi connectivity index (χ2n) is 3.69. The van der Waals surface area contributed by atoms with Crippen molar-refractivity contribution in [1.82, 2.24) is 5.32 Å². The molecule has 1 aromatic rings. The Labute approximate surface area is 112 Å². The Balaban J connectivity index is 2.89. The number of nitrogens with one attached hydrogen (secondary N) is 1. The molecule has 0 amide bonds. The molecular formula is C14H18BrNO. The van der Waals surface area contributed by atoms with E-state index in [0.717, 1.165) is 23.1 Å². The first-order chi connectivity index (χ1) is 8.22. The van der Waals surface area contributed by atoms with E-state index in [-0.39, 0.29) is 6.04 Å². The first-order valence-electron chi connectivity index (χ1n) is 5.63. The van der Waals surface area contributed by atoms with Crippen LogP contribution in [0, 0.1) is 11.8 Å². The van der Waals surface area contributed by atoms with E-state index in [4.69, 9.17) is 4.74 Å². The largest absolute Gasteiger partial charge is 0.496 e. The van der Waals surface area contributed by atoms with E-state index in [2.05, 4.69) is 39.2 Å². The van der Waals surface area contributed by atoms with Crippen LogP contribution in [0.5, 0.6) is 5.75 Å². The Bertz CT molecular complexity index is 420. The lowest BCUT2D eigenvalue weighted by molar-refractivity contribution is 0.399. The SMILES string of the molecule is CC#CCCC(NC)c1ccc(Br)cc1OC. The van der Waals surface area contributed by atoms with E-state index >= 15 is 0 Å². The van der Waals surface area contributed by atoms with Gasteiger partial charge in [0.1, 0.15) is 5.75 Å². The summed E-state index contributed by atoms with van der Waals surface area (Å²) in [4.78, 5) is 0. The molecule has 0 aliphatic rings. The second-order valence-corrected chi connectivity index (χ2v) is 4.61. The Morgan fingerprint density at radius 3 is 2.82 bits per heavy atom. The van der Waals surface area contributed by atoms with Crippen molar-refractivity contribution in [3.05, 3.63) is 28.2 Å². The molecule has 0 saturated carbocycles. The van der Waals surface area contributed by atoms with Crippen molar-refractivity contribution in [1.29, 1.82) is 0 Å². The van der Waals surface area contributed by atoms with Gasteiger partial charge < -0.3 is 10.1 Å². The summed E-state index contributed by atoms with van der Waals surface area (Å²) in [5, 5.41) is 3.31. The maximum Gasteiger partial charge on any atom is 0.124 e. The highest BCUT2D eigenvalue weighted by Crippen LogP contribution is 2.30. The van der Waals surface area contributed by atoms with Gasteiger partial charge in [0.25, 0.3) is 0 Å². The van der Waals surface area contributed by atoms with Gasteiger partial charge in [0.05, 0.1) is 7.11 Å². The minimum Gasteiger partial charge on any atom is -0.496 e. The molecule has 17 heavy (non-hydrogen) atoms. The van der Waals surface area contributed by atoms with Crippen molar-refractivity contribution in [2.24, 2.45) is 0 Å². The predicted molar refractivity (Wildman–Crippen MR) is 75.2 cm³/mol. The second kappa shape index (κ2) is 7.37. The van der Waals surface area contributed by atoms with Crippen LogP contribution >= 0.6 is 15.9 Å². The van der Waals surface area contributed by atoms with Gasteiger partial charge in [-0.3, -0.25) is 0 Å². The highest BCUT2D eigenvalue weighted by Gasteiger charge is 2.13. The molecule has 0 aliphatic heterocycles. The average molecular weight is 296 g/mol. The summed E-state index contributed by atoms with van der Waals surface area (Å²) < 4.78 is 6.44. The van der Waals surface area contributed by atoms with Crippen molar-refractivity contribution >= 4 is 15.9 Å². The van der Waals surface area contributed by atoms with Gasteiger partial charge in [-0.2, -0.15) is 0 Å². The molecule has 0 bridgehead atoms. The van der Waals surface area contributed by atoms with E-state index in [1.165, 1.54) is 5.56 Å². The van der Waals surface area contributed by atoms with E-state index in [9.17, 15) is 0 Å². The number of halogens is 1. The first kappa shape index (κ1) is 14.1. The van der Waals surface area contributed by atoms with Gasteiger partial charge in [0, 0.05) is 22.5 Å². The van der Waals surface area contributed by atoms with Crippen LogP contribution in [0.4, 0.5) is 0 Å². The van der Waals surface area contributed by atoms with Crippen LogP contribution in [-0.4, -0.2) is 14.2 Å². The van der Waals surface area contributed by atoms with Gasteiger partial charge in [0.15, 0.2) is 0 Å². The zero-order valence-electron chi connectivity index (χ0n) is 10.5. The molecule has 1 N–H and O–H groups in total. The topological polar surface area (TPSA) is 21.3 Å². The molecule has 0 saturated heterocycles. The summed E-state index contributed by atoms with van der Waals surface area (Å²) in [6.45, 7) is 1.87. The Morgan fingerprint density at radius 1 is 1.47 bits per heavy atom. The fraction of sp³-hybridized carbons (Fsp3) is 0.429. The molecule has 92 valence electrons. The summed E-state index contributed by atoms with van der Waals surface area (Å²) in [6, 6.07) is 6.39. The van der Waals surface area contributed by atoms with Crippen molar-refractivity contribution in [3.63, 3.8) is 0 Å². The quantitative estimate of drug-likeness (QED) is 0.839. The third-order valence-corrected chi connectivity index (χ3v) is 3.15. The third kappa shape index (κ3) is 4.07. The van der Waals surface area contributed by atoms with Crippen molar-refractivity contribution < 1.29 is 4.74 Å². The highest BCUT2D eigenvalue weighted by molar-refractivity contribution is 9.10. The van der Waals surface area contributed by atoms with Crippen molar-refractivity contribution in [2.45, 2.75) is 25.8 Å². The van der Waals surface area contributed by atoms with Crippen LogP contribution in [0.1, 0.15) is 31.4 Å². The van der Waals surface area contributed by atoms with Crippen LogP contribution in [0.15, 0.2) is 22.7 Å². The first-order valence-corrected chi connectivity index (χ1v) is 6.42. The van der Waals surface area contributed by atoms with Crippen LogP contribution in [0.3, 0.4) is 0 Å². The zero-order valence-corrected chi connectivity index (χ0v) is 12.1. The van der Waals surface area contributed by atoms with Crippen LogP contribution in [0.2, 0.25) is 0 Å². The summed E-state index contributed by atoms with van der Waals surface area (Å²) in [6.07, 6.45) is 1.87. The van der Waals surface area contributed by atoms with Gasteiger partial charge in [-0.15, -0.1) is 11.8 Å². The average Bonchev–Trinajstić information content (AvgIpc) is 2.35. The molecule has 0 aromatic heterocycles. The van der Waals surface area contributed by atoms with Gasteiger partial charge in [0.2, 0.25) is 0 Å². The minimum absolute atomic E-state index is 0.277. The van der Waals surface area contributed by atoms with Crippen molar-refractivity contribution in [3.8, 4) is 17.6 Å². The number of hydrogen-bond acceptors (Lipinski definition) is 2. The third-order valence-electron chi connectivity index (χ3n) is 2.65. The number of ether oxygens (including phenoxy) is 1. The lowest BCUT2D eigenvalue weighted by Gasteiger charge is -2.18. The number of methoxy groups -OCH3 is 1.